The number of methoxy groups -OCH3 is 1. The number of benzene rings is 3. The van der Waals surface area contributed by atoms with Crippen LogP contribution in [0, 0.1) is 17.1 Å². The lowest BCUT2D eigenvalue weighted by Gasteiger charge is -2.15. The van der Waals surface area contributed by atoms with Gasteiger partial charge in [-0.1, -0.05) is 12.1 Å². The van der Waals surface area contributed by atoms with E-state index in [2.05, 4.69) is 5.32 Å². The number of carbonyl (C=O) groups excluding carboxylic acids is 2. The topological polar surface area (TPSA) is 82.4 Å². The Morgan fingerprint density at radius 1 is 0.903 bits per heavy atom. The van der Waals surface area contributed by atoms with Crippen LogP contribution in [-0.2, 0) is 9.59 Å². The van der Waals surface area contributed by atoms with Crippen LogP contribution in [0.25, 0.3) is 5.57 Å². The van der Waals surface area contributed by atoms with Gasteiger partial charge in [-0.15, -0.1) is 0 Å². The van der Waals surface area contributed by atoms with Gasteiger partial charge in [0.25, 0.3) is 11.8 Å². The number of ether oxygens (including phenoxy) is 1. The van der Waals surface area contributed by atoms with Crippen LogP contribution >= 0.6 is 0 Å². The van der Waals surface area contributed by atoms with Crippen LogP contribution in [-0.4, -0.2) is 18.9 Å². The lowest BCUT2D eigenvalue weighted by atomic mass is 10.0. The highest BCUT2D eigenvalue weighted by Gasteiger charge is 2.40. The first-order chi connectivity index (χ1) is 15.0. The fourth-order valence-corrected chi connectivity index (χ4v) is 3.27. The molecule has 0 saturated carbocycles. The van der Waals surface area contributed by atoms with Gasteiger partial charge in [-0.25, -0.2) is 9.29 Å². The minimum absolute atomic E-state index is 0.0751. The van der Waals surface area contributed by atoms with E-state index in [4.69, 9.17) is 10.00 Å². The third-order valence-corrected chi connectivity index (χ3v) is 4.83. The molecule has 0 spiro atoms. The quantitative estimate of drug-likeness (QED) is 0.637. The summed E-state index contributed by atoms with van der Waals surface area (Å²) in [5, 5.41) is 12.0. The minimum atomic E-state index is -0.551. The Balaban J connectivity index is 1.78. The van der Waals surface area contributed by atoms with Crippen LogP contribution in [0.2, 0.25) is 0 Å². The molecule has 0 aromatic heterocycles. The summed E-state index contributed by atoms with van der Waals surface area (Å²) in [6, 6.07) is 20.4. The molecule has 1 aliphatic rings. The van der Waals surface area contributed by atoms with Crippen molar-refractivity contribution in [1.29, 1.82) is 5.26 Å². The van der Waals surface area contributed by atoms with E-state index in [0.717, 1.165) is 4.90 Å². The van der Waals surface area contributed by atoms with E-state index in [1.54, 1.807) is 31.4 Å². The fourth-order valence-electron chi connectivity index (χ4n) is 3.27. The summed E-state index contributed by atoms with van der Waals surface area (Å²) in [6.07, 6.45) is 0. The minimum Gasteiger partial charge on any atom is -0.497 e. The standard InChI is InChI=1S/C24H16FN3O3/c1-31-20-12-8-18(9-13-20)27-22-21(16-4-6-17(25)7-5-16)23(29)28(24(22)30)19-10-2-15(14-26)3-11-19/h2-13,27H,1H3. The van der Waals surface area contributed by atoms with Gasteiger partial charge in [-0.2, -0.15) is 5.26 Å². The van der Waals surface area contributed by atoms with Gasteiger partial charge in [-0.3, -0.25) is 9.59 Å². The molecule has 1 N–H and O–H groups in total. The summed E-state index contributed by atoms with van der Waals surface area (Å²) in [7, 11) is 1.55. The van der Waals surface area contributed by atoms with Crippen molar-refractivity contribution in [1.82, 2.24) is 0 Å². The second-order valence-corrected chi connectivity index (χ2v) is 6.71. The first-order valence-corrected chi connectivity index (χ1v) is 9.32. The van der Waals surface area contributed by atoms with E-state index in [0.29, 0.717) is 28.3 Å². The fraction of sp³-hybridized carbons (Fsp3) is 0.0417. The SMILES string of the molecule is COc1ccc(NC2=C(c3ccc(F)cc3)C(=O)N(c3ccc(C#N)cc3)C2=O)cc1. The monoisotopic (exact) mass is 413 g/mol. The smallest absolute Gasteiger partial charge is 0.282 e. The van der Waals surface area contributed by atoms with Crippen molar-refractivity contribution in [3.63, 3.8) is 0 Å². The zero-order valence-electron chi connectivity index (χ0n) is 16.4. The Kier molecular flexibility index (Phi) is 5.21. The van der Waals surface area contributed by atoms with Gasteiger partial charge in [0.2, 0.25) is 0 Å². The molecule has 4 rings (SSSR count). The lowest BCUT2D eigenvalue weighted by molar-refractivity contribution is -0.120. The van der Waals surface area contributed by atoms with Crippen molar-refractivity contribution < 1.29 is 18.7 Å². The normalized spacial score (nSPS) is 13.4. The van der Waals surface area contributed by atoms with Gasteiger partial charge in [0.15, 0.2) is 0 Å². The molecular formula is C24H16FN3O3. The van der Waals surface area contributed by atoms with Crippen molar-refractivity contribution in [2.24, 2.45) is 0 Å². The van der Waals surface area contributed by atoms with E-state index in [1.165, 1.54) is 48.5 Å². The Morgan fingerprint density at radius 3 is 2.13 bits per heavy atom. The zero-order valence-corrected chi connectivity index (χ0v) is 16.4. The van der Waals surface area contributed by atoms with Crippen LogP contribution in [0.5, 0.6) is 5.75 Å². The Labute approximate surface area is 177 Å². The second-order valence-electron chi connectivity index (χ2n) is 6.71. The molecule has 3 aromatic rings. The van der Waals surface area contributed by atoms with Crippen LogP contribution < -0.4 is 15.0 Å². The Hall–Kier alpha value is -4.44. The number of carbonyl (C=O) groups is 2. The van der Waals surface area contributed by atoms with E-state index in [1.807, 2.05) is 6.07 Å². The number of rotatable bonds is 5. The molecule has 152 valence electrons. The van der Waals surface area contributed by atoms with E-state index in [9.17, 15) is 14.0 Å². The van der Waals surface area contributed by atoms with Crippen molar-refractivity contribution in [2.75, 3.05) is 17.3 Å². The average molecular weight is 413 g/mol. The molecule has 0 aliphatic carbocycles. The van der Waals surface area contributed by atoms with Crippen molar-refractivity contribution in [3.05, 3.63) is 95.4 Å². The first-order valence-electron chi connectivity index (χ1n) is 9.32. The van der Waals surface area contributed by atoms with Gasteiger partial charge in [0.1, 0.15) is 17.3 Å². The Bertz CT molecular complexity index is 1230. The van der Waals surface area contributed by atoms with Crippen LogP contribution in [0.15, 0.2) is 78.5 Å². The maximum Gasteiger partial charge on any atom is 0.282 e. The molecule has 1 heterocycles. The van der Waals surface area contributed by atoms with E-state index < -0.39 is 17.6 Å². The van der Waals surface area contributed by atoms with Gasteiger partial charge < -0.3 is 10.1 Å². The average Bonchev–Trinajstić information content (AvgIpc) is 3.04. The molecule has 0 atom stereocenters. The Morgan fingerprint density at radius 2 is 1.55 bits per heavy atom. The molecule has 0 saturated heterocycles. The summed E-state index contributed by atoms with van der Waals surface area (Å²) < 4.78 is 18.6. The number of nitriles is 1. The predicted molar refractivity (Wildman–Crippen MR) is 114 cm³/mol. The largest absolute Gasteiger partial charge is 0.497 e. The maximum atomic E-state index is 13.4. The van der Waals surface area contributed by atoms with Crippen LogP contribution in [0.3, 0.4) is 0 Å². The predicted octanol–water partition coefficient (Wildman–Crippen LogP) is 4.10. The lowest BCUT2D eigenvalue weighted by Crippen LogP contribution is -2.32. The number of anilines is 2. The summed E-state index contributed by atoms with van der Waals surface area (Å²) in [5.41, 5.74) is 1.94. The third kappa shape index (κ3) is 3.74. The van der Waals surface area contributed by atoms with Gasteiger partial charge >= 0.3 is 0 Å². The zero-order chi connectivity index (χ0) is 22.0. The molecule has 0 bridgehead atoms. The van der Waals surface area contributed by atoms with Gasteiger partial charge in [0, 0.05) is 5.69 Å². The van der Waals surface area contributed by atoms with E-state index >= 15 is 0 Å². The number of halogens is 1. The molecule has 6 nitrogen and oxygen atoms in total. The van der Waals surface area contributed by atoms with Crippen molar-refractivity contribution >= 4 is 28.8 Å². The highest BCUT2D eigenvalue weighted by atomic mass is 19.1. The molecule has 3 aromatic carbocycles. The van der Waals surface area contributed by atoms with Crippen LogP contribution in [0.4, 0.5) is 15.8 Å². The van der Waals surface area contributed by atoms with Crippen molar-refractivity contribution in [3.8, 4) is 11.8 Å². The summed E-state index contributed by atoms with van der Waals surface area (Å²) in [6.45, 7) is 0. The summed E-state index contributed by atoms with van der Waals surface area (Å²) in [5.74, 6) is -0.900. The van der Waals surface area contributed by atoms with Gasteiger partial charge in [0.05, 0.1) is 30.0 Å². The molecule has 2 amide bonds. The molecule has 31 heavy (non-hydrogen) atoms. The molecule has 1 aliphatic heterocycles. The molecule has 0 unspecified atom stereocenters. The van der Waals surface area contributed by atoms with E-state index in [-0.39, 0.29) is 11.3 Å². The summed E-state index contributed by atoms with van der Waals surface area (Å²) in [4.78, 5) is 27.6. The van der Waals surface area contributed by atoms with Crippen molar-refractivity contribution in [2.45, 2.75) is 0 Å². The number of nitrogens with zero attached hydrogens (tertiary/aromatic N) is 2. The highest BCUT2D eigenvalue weighted by Crippen LogP contribution is 2.34. The maximum absolute atomic E-state index is 13.4. The molecule has 0 radical (unpaired) electrons. The molecular weight excluding hydrogens is 397 g/mol. The summed E-state index contributed by atoms with van der Waals surface area (Å²) >= 11 is 0. The second kappa shape index (κ2) is 8.13. The van der Waals surface area contributed by atoms with Gasteiger partial charge in [-0.05, 0) is 66.2 Å². The number of hydrogen-bond acceptors (Lipinski definition) is 5. The first kappa shape index (κ1) is 19.9. The van der Waals surface area contributed by atoms with Crippen LogP contribution in [0.1, 0.15) is 11.1 Å². The number of imide groups is 1. The highest BCUT2D eigenvalue weighted by molar-refractivity contribution is 6.46. The number of hydrogen-bond donors (Lipinski definition) is 1. The number of nitrogens with one attached hydrogen (secondary N) is 1. The number of amides is 2. The molecule has 7 heteroatoms. The molecule has 0 fully saturated rings. The third-order valence-electron chi connectivity index (χ3n) is 4.83.